The summed E-state index contributed by atoms with van der Waals surface area (Å²) in [6, 6.07) is 1.95. The van der Waals surface area contributed by atoms with Crippen LogP contribution in [0.1, 0.15) is 23.7 Å². The van der Waals surface area contributed by atoms with Crippen LogP contribution in [0.3, 0.4) is 0 Å². The summed E-state index contributed by atoms with van der Waals surface area (Å²) in [6.07, 6.45) is 0.911. The maximum Gasteiger partial charge on any atom is 0.251 e. The average Bonchev–Trinajstić information content (AvgIpc) is 2.67. The van der Waals surface area contributed by atoms with E-state index in [1.54, 1.807) is 11.8 Å². The van der Waals surface area contributed by atoms with Gasteiger partial charge in [-0.2, -0.15) is 11.8 Å². The predicted octanol–water partition coefficient (Wildman–Crippen LogP) is 2.37. The van der Waals surface area contributed by atoms with Crippen molar-refractivity contribution in [2.75, 3.05) is 11.1 Å². The van der Waals surface area contributed by atoms with E-state index in [-0.39, 0.29) is 17.3 Å². The first kappa shape index (κ1) is 13.1. The summed E-state index contributed by atoms with van der Waals surface area (Å²) in [5.74, 6) is -1.53. The normalized spacial score (nSPS) is 23.1. The molecule has 0 bridgehead atoms. The third kappa shape index (κ3) is 2.58. The number of nitrogens with one attached hydrogen (secondary N) is 1. The van der Waals surface area contributed by atoms with Crippen molar-refractivity contribution in [3.63, 3.8) is 0 Å². The number of nitrogens with two attached hydrogens (primary N) is 1. The van der Waals surface area contributed by atoms with Crippen LogP contribution in [0, 0.1) is 11.6 Å². The van der Waals surface area contributed by atoms with E-state index in [0.717, 1.165) is 18.2 Å². The van der Waals surface area contributed by atoms with E-state index < -0.39 is 17.5 Å². The molecule has 3 nitrogen and oxygen atoms in total. The number of amides is 1. The maximum atomic E-state index is 13.6. The van der Waals surface area contributed by atoms with Crippen LogP contribution >= 0.6 is 11.8 Å². The van der Waals surface area contributed by atoms with Crippen LogP contribution in [0.5, 0.6) is 0 Å². The van der Waals surface area contributed by atoms with Gasteiger partial charge in [-0.25, -0.2) is 8.78 Å². The molecule has 2 unspecified atom stereocenters. The number of rotatable bonds is 3. The Morgan fingerprint density at radius 3 is 2.72 bits per heavy atom. The van der Waals surface area contributed by atoms with Gasteiger partial charge < -0.3 is 11.1 Å². The number of carbonyl (C=O) groups is 1. The summed E-state index contributed by atoms with van der Waals surface area (Å²) in [5.41, 5.74) is 4.87. The SMILES string of the molecule is CC1SCCC1Nc1cc(C(N)=O)c(F)cc1F. The first-order valence-electron chi connectivity index (χ1n) is 5.66. The van der Waals surface area contributed by atoms with Crippen molar-refractivity contribution in [1.82, 2.24) is 0 Å². The van der Waals surface area contributed by atoms with Crippen LogP contribution in [0.2, 0.25) is 0 Å². The zero-order valence-corrected chi connectivity index (χ0v) is 10.7. The van der Waals surface area contributed by atoms with E-state index in [2.05, 4.69) is 5.32 Å². The first-order valence-corrected chi connectivity index (χ1v) is 6.71. The highest BCUT2D eigenvalue weighted by molar-refractivity contribution is 8.00. The summed E-state index contributed by atoms with van der Waals surface area (Å²) >= 11 is 1.79. The number of hydrogen-bond acceptors (Lipinski definition) is 3. The molecule has 0 spiro atoms. The van der Waals surface area contributed by atoms with Gasteiger partial charge in [0.15, 0.2) is 0 Å². The number of benzene rings is 1. The summed E-state index contributed by atoms with van der Waals surface area (Å²) in [5, 5.41) is 3.36. The molecular weight excluding hydrogens is 258 g/mol. The van der Waals surface area contributed by atoms with Crippen molar-refractivity contribution < 1.29 is 13.6 Å². The van der Waals surface area contributed by atoms with Gasteiger partial charge in [0.1, 0.15) is 11.6 Å². The minimum atomic E-state index is -0.931. The Balaban J connectivity index is 2.27. The Kier molecular flexibility index (Phi) is 3.75. The quantitative estimate of drug-likeness (QED) is 0.888. The second-order valence-electron chi connectivity index (χ2n) is 4.29. The van der Waals surface area contributed by atoms with E-state index in [9.17, 15) is 13.6 Å². The van der Waals surface area contributed by atoms with Crippen LogP contribution < -0.4 is 11.1 Å². The summed E-state index contributed by atoms with van der Waals surface area (Å²) < 4.78 is 26.9. The van der Waals surface area contributed by atoms with Gasteiger partial charge in [0, 0.05) is 17.4 Å². The highest BCUT2D eigenvalue weighted by Crippen LogP contribution is 2.30. The van der Waals surface area contributed by atoms with Gasteiger partial charge >= 0.3 is 0 Å². The number of hydrogen-bond donors (Lipinski definition) is 2. The lowest BCUT2D eigenvalue weighted by molar-refractivity contribution is 0.0996. The molecule has 1 heterocycles. The van der Waals surface area contributed by atoms with Gasteiger partial charge in [-0.05, 0) is 18.2 Å². The lowest BCUT2D eigenvalue weighted by Crippen LogP contribution is -2.26. The van der Waals surface area contributed by atoms with Crippen molar-refractivity contribution in [3.8, 4) is 0 Å². The third-order valence-electron chi connectivity index (χ3n) is 3.04. The molecular formula is C12H14F2N2OS. The molecule has 2 atom stereocenters. The minimum Gasteiger partial charge on any atom is -0.379 e. The van der Waals surface area contributed by atoms with Crippen LogP contribution in [-0.4, -0.2) is 23.0 Å². The Bertz CT molecular complexity index is 481. The number of carbonyl (C=O) groups excluding carboxylic acids is 1. The van der Waals surface area contributed by atoms with E-state index in [4.69, 9.17) is 5.73 Å². The Hall–Kier alpha value is -1.30. The standard InChI is InChI=1S/C12H14F2N2OS/c1-6-10(2-3-18-6)16-11-4-7(12(15)17)8(13)5-9(11)14/h4-6,10,16H,2-3H2,1H3,(H2,15,17). The van der Waals surface area contributed by atoms with Gasteiger partial charge in [0.25, 0.3) is 5.91 Å². The fourth-order valence-electron chi connectivity index (χ4n) is 1.97. The molecule has 98 valence electrons. The average molecular weight is 272 g/mol. The van der Waals surface area contributed by atoms with E-state index >= 15 is 0 Å². The van der Waals surface area contributed by atoms with Crippen molar-refractivity contribution in [1.29, 1.82) is 0 Å². The zero-order chi connectivity index (χ0) is 13.3. The van der Waals surface area contributed by atoms with E-state index in [0.29, 0.717) is 11.3 Å². The second-order valence-corrected chi connectivity index (χ2v) is 5.78. The Morgan fingerprint density at radius 1 is 1.44 bits per heavy atom. The van der Waals surface area contributed by atoms with Crippen LogP contribution in [0.15, 0.2) is 12.1 Å². The number of primary amides is 1. The number of anilines is 1. The fraction of sp³-hybridized carbons (Fsp3) is 0.417. The summed E-state index contributed by atoms with van der Waals surface area (Å²) in [7, 11) is 0. The highest BCUT2D eigenvalue weighted by atomic mass is 32.2. The molecule has 0 aliphatic carbocycles. The Labute approximate surface area is 108 Å². The monoisotopic (exact) mass is 272 g/mol. The number of thioether (sulfide) groups is 1. The highest BCUT2D eigenvalue weighted by Gasteiger charge is 2.25. The molecule has 1 fully saturated rings. The molecule has 0 saturated carbocycles. The molecule has 1 aromatic rings. The molecule has 1 aromatic carbocycles. The molecule has 0 radical (unpaired) electrons. The Morgan fingerprint density at radius 2 is 2.17 bits per heavy atom. The van der Waals surface area contributed by atoms with Crippen molar-refractivity contribution in [3.05, 3.63) is 29.3 Å². The summed E-state index contributed by atoms with van der Waals surface area (Å²) in [6.45, 7) is 2.05. The van der Waals surface area contributed by atoms with Gasteiger partial charge in [-0.1, -0.05) is 6.92 Å². The van der Waals surface area contributed by atoms with Gasteiger partial charge in [0.05, 0.1) is 11.3 Å². The van der Waals surface area contributed by atoms with Crippen molar-refractivity contribution >= 4 is 23.4 Å². The predicted molar refractivity (Wildman–Crippen MR) is 68.8 cm³/mol. The molecule has 1 aliphatic heterocycles. The van der Waals surface area contributed by atoms with Crippen molar-refractivity contribution in [2.24, 2.45) is 5.73 Å². The minimum absolute atomic E-state index is 0.121. The maximum absolute atomic E-state index is 13.6. The molecule has 1 saturated heterocycles. The van der Waals surface area contributed by atoms with Crippen LogP contribution in [0.4, 0.5) is 14.5 Å². The molecule has 1 aliphatic rings. The lowest BCUT2D eigenvalue weighted by atomic mass is 10.1. The fourth-order valence-corrected chi connectivity index (χ4v) is 3.17. The third-order valence-corrected chi connectivity index (χ3v) is 4.37. The van der Waals surface area contributed by atoms with Crippen LogP contribution in [-0.2, 0) is 0 Å². The van der Waals surface area contributed by atoms with Gasteiger partial charge in [-0.15, -0.1) is 0 Å². The molecule has 2 rings (SSSR count). The number of halogens is 2. The lowest BCUT2D eigenvalue weighted by Gasteiger charge is -2.18. The molecule has 6 heteroatoms. The molecule has 1 amide bonds. The smallest absolute Gasteiger partial charge is 0.251 e. The zero-order valence-electron chi connectivity index (χ0n) is 9.87. The summed E-state index contributed by atoms with van der Waals surface area (Å²) in [4.78, 5) is 11.0. The van der Waals surface area contributed by atoms with Gasteiger partial charge in [-0.3, -0.25) is 4.79 Å². The largest absolute Gasteiger partial charge is 0.379 e. The van der Waals surface area contributed by atoms with Gasteiger partial charge in [0.2, 0.25) is 0 Å². The van der Waals surface area contributed by atoms with Crippen LogP contribution in [0.25, 0.3) is 0 Å². The first-order chi connectivity index (χ1) is 8.49. The molecule has 0 aromatic heterocycles. The van der Waals surface area contributed by atoms with Crippen molar-refractivity contribution in [2.45, 2.75) is 24.6 Å². The van der Waals surface area contributed by atoms with E-state index in [1.807, 2.05) is 6.92 Å². The topological polar surface area (TPSA) is 55.1 Å². The van der Waals surface area contributed by atoms with E-state index in [1.165, 1.54) is 0 Å². The molecule has 3 N–H and O–H groups in total. The molecule has 18 heavy (non-hydrogen) atoms. The second kappa shape index (κ2) is 5.14.